The summed E-state index contributed by atoms with van der Waals surface area (Å²) in [7, 11) is 0.846. The molecule has 7 nitrogen and oxygen atoms in total. The highest BCUT2D eigenvalue weighted by Gasteiger charge is 2.39. The van der Waals surface area contributed by atoms with E-state index in [1.165, 1.54) is 5.56 Å². The molecule has 3 heterocycles. The van der Waals surface area contributed by atoms with Crippen molar-refractivity contribution in [3.63, 3.8) is 0 Å². The minimum atomic E-state index is -1.15. The van der Waals surface area contributed by atoms with E-state index in [0.29, 0.717) is 34.9 Å². The third kappa shape index (κ3) is 4.08. The number of fused-ring (bicyclic) bond motifs is 1. The zero-order chi connectivity index (χ0) is 22.3. The molecule has 0 spiro atoms. The topological polar surface area (TPSA) is 81.6 Å². The van der Waals surface area contributed by atoms with Crippen molar-refractivity contribution >= 4 is 40.0 Å². The second-order valence-corrected chi connectivity index (χ2v) is 11.2. The molecule has 1 atom stereocenters. The molecule has 2 aliphatic heterocycles. The number of aromatic nitrogens is 2. The fraction of sp³-hybridized carbons (Fsp3) is 0.565. The second-order valence-electron chi connectivity index (χ2n) is 9.23. The summed E-state index contributed by atoms with van der Waals surface area (Å²) in [6, 6.07) is 8.16. The molecule has 2 N–H and O–H groups in total. The van der Waals surface area contributed by atoms with Gasteiger partial charge in [-0.2, -0.15) is 9.97 Å². The van der Waals surface area contributed by atoms with Gasteiger partial charge in [0, 0.05) is 37.5 Å². The lowest BCUT2D eigenvalue weighted by molar-refractivity contribution is 0.143. The summed E-state index contributed by atoms with van der Waals surface area (Å²) in [4.78, 5) is 14.7. The van der Waals surface area contributed by atoms with E-state index in [2.05, 4.69) is 27.2 Å². The van der Waals surface area contributed by atoms with Gasteiger partial charge in [-0.25, -0.2) is 0 Å². The zero-order valence-corrected chi connectivity index (χ0v) is 20.0. The van der Waals surface area contributed by atoms with Gasteiger partial charge in [0.05, 0.1) is 22.9 Å². The summed E-state index contributed by atoms with van der Waals surface area (Å²) in [5.74, 6) is 3.12. The van der Waals surface area contributed by atoms with Gasteiger partial charge in [0.15, 0.2) is 11.6 Å². The van der Waals surface area contributed by atoms with Gasteiger partial charge in [-0.05, 0) is 55.7 Å². The van der Waals surface area contributed by atoms with Crippen molar-refractivity contribution in [1.82, 2.24) is 9.97 Å². The van der Waals surface area contributed by atoms with E-state index in [4.69, 9.17) is 21.6 Å². The van der Waals surface area contributed by atoms with Crippen LogP contribution in [0.1, 0.15) is 43.6 Å². The Morgan fingerprint density at radius 1 is 1.19 bits per heavy atom. The van der Waals surface area contributed by atoms with Gasteiger partial charge in [-0.15, -0.1) is 0 Å². The van der Waals surface area contributed by atoms with E-state index in [-0.39, 0.29) is 12.1 Å². The Morgan fingerprint density at radius 2 is 1.91 bits per heavy atom. The average molecular weight is 476 g/mol. The number of aliphatic hydroxyl groups excluding tert-OH is 1. The number of nitrogens with one attached hydrogen (secondary N) is 1. The van der Waals surface area contributed by atoms with Crippen LogP contribution in [0.4, 0.5) is 17.6 Å². The highest BCUT2D eigenvalue weighted by Crippen LogP contribution is 2.40. The zero-order valence-electron chi connectivity index (χ0n) is 18.4. The van der Waals surface area contributed by atoms with Crippen LogP contribution in [0.5, 0.6) is 0 Å². The molecule has 0 bridgehead atoms. The van der Waals surface area contributed by atoms with Crippen LogP contribution in [0.2, 0.25) is 5.02 Å². The predicted molar refractivity (Wildman–Crippen MR) is 130 cm³/mol. The normalized spacial score (nSPS) is 22.9. The summed E-state index contributed by atoms with van der Waals surface area (Å²) in [6.07, 6.45) is 4.91. The van der Waals surface area contributed by atoms with Crippen LogP contribution < -0.4 is 15.1 Å². The highest BCUT2D eigenvalue weighted by atomic mass is 35.5. The Morgan fingerprint density at radius 3 is 2.53 bits per heavy atom. The molecule has 1 aliphatic carbocycles. The molecule has 2 aromatic rings. The summed E-state index contributed by atoms with van der Waals surface area (Å²) < 4.78 is 12.9. The van der Waals surface area contributed by atoms with E-state index in [9.17, 15) is 9.32 Å². The van der Waals surface area contributed by atoms with Gasteiger partial charge < -0.3 is 20.2 Å². The lowest BCUT2D eigenvalue weighted by Crippen LogP contribution is -2.49. The maximum atomic E-state index is 12.9. The van der Waals surface area contributed by atoms with Crippen molar-refractivity contribution in [2.24, 2.45) is 0 Å². The Labute approximate surface area is 196 Å². The van der Waals surface area contributed by atoms with E-state index < -0.39 is 10.8 Å². The van der Waals surface area contributed by atoms with Gasteiger partial charge in [-0.1, -0.05) is 23.7 Å². The van der Waals surface area contributed by atoms with Crippen LogP contribution in [-0.4, -0.2) is 63.9 Å². The van der Waals surface area contributed by atoms with E-state index >= 15 is 0 Å². The van der Waals surface area contributed by atoms with Crippen molar-refractivity contribution in [3.05, 3.63) is 34.9 Å². The maximum Gasteiger partial charge on any atom is 0.229 e. The molecule has 2 fully saturated rings. The number of anilines is 3. The third-order valence-electron chi connectivity index (χ3n) is 7.15. The molecule has 172 valence electrons. The minimum Gasteiger partial charge on any atom is -0.394 e. The van der Waals surface area contributed by atoms with Crippen LogP contribution in [0, 0.1) is 0 Å². The summed E-state index contributed by atoms with van der Waals surface area (Å²) >= 11 is 6.05. The van der Waals surface area contributed by atoms with Crippen molar-refractivity contribution in [2.75, 3.05) is 54.2 Å². The van der Waals surface area contributed by atoms with Gasteiger partial charge in [0.1, 0.15) is 4.90 Å². The number of rotatable bonds is 5. The molecule has 1 aromatic carbocycles. The molecular weight excluding hydrogens is 446 g/mol. The molecule has 9 heteroatoms. The van der Waals surface area contributed by atoms with Crippen molar-refractivity contribution < 1.29 is 9.32 Å². The lowest BCUT2D eigenvalue weighted by atomic mass is 9.77. The first-order chi connectivity index (χ1) is 15.5. The van der Waals surface area contributed by atoms with Crippen molar-refractivity contribution in [1.29, 1.82) is 0 Å². The number of hydrogen-bond acceptors (Lipinski definition) is 7. The molecule has 0 unspecified atom stereocenters. The van der Waals surface area contributed by atoms with Crippen LogP contribution in [0.3, 0.4) is 0 Å². The molecule has 0 amide bonds. The Hall–Kier alpha value is -1.90. The summed E-state index contributed by atoms with van der Waals surface area (Å²) in [6.45, 7) is 2.49. The molecule has 32 heavy (non-hydrogen) atoms. The molecule has 1 saturated carbocycles. The van der Waals surface area contributed by atoms with Gasteiger partial charge in [-0.3, -0.25) is 4.21 Å². The predicted octanol–water partition coefficient (Wildman–Crippen LogP) is 3.40. The second kappa shape index (κ2) is 8.80. The highest BCUT2D eigenvalue weighted by molar-refractivity contribution is 7.85. The van der Waals surface area contributed by atoms with Crippen molar-refractivity contribution in [3.8, 4) is 0 Å². The largest absolute Gasteiger partial charge is 0.394 e. The summed E-state index contributed by atoms with van der Waals surface area (Å²) in [5.41, 5.74) is 0.967. The quantitative estimate of drug-likeness (QED) is 0.685. The SMILES string of the molecule is CN1CC[S@](=O)c2c(NC3(CO)CCC3)nc(N3CCC(c4ccc(Cl)cc4)CC3)nc21. The monoisotopic (exact) mass is 475 g/mol. The van der Waals surface area contributed by atoms with E-state index in [1.54, 1.807) is 0 Å². The van der Waals surface area contributed by atoms with Crippen LogP contribution in [0.15, 0.2) is 29.2 Å². The first kappa shape index (κ1) is 21.9. The first-order valence-electron chi connectivity index (χ1n) is 11.4. The number of hydrogen-bond donors (Lipinski definition) is 2. The number of halogens is 1. The van der Waals surface area contributed by atoms with Gasteiger partial charge >= 0.3 is 0 Å². The molecule has 5 rings (SSSR count). The number of nitrogens with zero attached hydrogens (tertiary/aromatic N) is 4. The Kier molecular flexibility index (Phi) is 6.03. The van der Waals surface area contributed by atoms with Gasteiger partial charge in [0.25, 0.3) is 0 Å². The number of aliphatic hydroxyl groups is 1. The van der Waals surface area contributed by atoms with Crippen LogP contribution in [0.25, 0.3) is 0 Å². The molecule has 3 aliphatic rings. The number of benzene rings is 1. The first-order valence-corrected chi connectivity index (χ1v) is 13.1. The van der Waals surface area contributed by atoms with Crippen LogP contribution >= 0.6 is 11.6 Å². The minimum absolute atomic E-state index is 0.0517. The molecule has 0 radical (unpaired) electrons. The van der Waals surface area contributed by atoms with E-state index in [1.807, 2.05) is 19.2 Å². The average Bonchev–Trinajstić information content (AvgIpc) is 2.79. The van der Waals surface area contributed by atoms with E-state index in [0.717, 1.165) is 56.0 Å². The lowest BCUT2D eigenvalue weighted by Gasteiger charge is -2.42. The number of piperidine rings is 1. The molecule has 1 aromatic heterocycles. The fourth-order valence-electron chi connectivity index (χ4n) is 4.87. The fourth-order valence-corrected chi connectivity index (χ4v) is 6.36. The smallest absolute Gasteiger partial charge is 0.229 e. The summed E-state index contributed by atoms with van der Waals surface area (Å²) in [5, 5.41) is 14.2. The van der Waals surface area contributed by atoms with Crippen molar-refractivity contribution in [2.45, 2.75) is 48.5 Å². The molecular formula is C23H30ClN5O2S. The Balaban J connectivity index is 1.42. The maximum absolute atomic E-state index is 12.9. The molecule has 1 saturated heterocycles. The third-order valence-corrected chi connectivity index (χ3v) is 8.79. The standard InChI is InChI=1S/C23H30ClN5O2S/c1-28-13-14-32(31)19-20(27-23(15-30)9-2-10-23)25-22(26-21(19)28)29-11-7-17(8-12-29)16-3-5-18(24)6-4-16/h3-6,17,30H,2,7-15H2,1H3,(H,25,26,27)/t32-/m0/s1. The van der Waals surface area contributed by atoms with Gasteiger partial charge in [0.2, 0.25) is 5.95 Å². The Bertz CT molecular complexity index is 1000. The van der Waals surface area contributed by atoms with Crippen LogP contribution in [-0.2, 0) is 10.8 Å².